The molecule has 2 aromatic rings. The largest absolute Gasteiger partial charge is 0.344 e. The molecule has 0 spiro atoms. The van der Waals surface area contributed by atoms with Gasteiger partial charge in [0.2, 0.25) is 0 Å². The molecule has 2 atom stereocenters. The van der Waals surface area contributed by atoms with Crippen LogP contribution in [0.4, 0.5) is 0 Å². The second-order valence-electron chi connectivity index (χ2n) is 6.15. The van der Waals surface area contributed by atoms with Crippen LogP contribution in [0.25, 0.3) is 0 Å². The van der Waals surface area contributed by atoms with E-state index in [9.17, 15) is 4.79 Å². The number of nitrogens with zero attached hydrogens (tertiary/aromatic N) is 2. The normalized spacial score (nSPS) is 17.7. The van der Waals surface area contributed by atoms with E-state index in [2.05, 4.69) is 27.9 Å². The molecule has 0 bridgehead atoms. The van der Waals surface area contributed by atoms with Gasteiger partial charge in [-0.15, -0.1) is 11.3 Å². The van der Waals surface area contributed by atoms with Crippen molar-refractivity contribution < 1.29 is 4.79 Å². The Morgan fingerprint density at radius 1 is 1.32 bits per heavy atom. The maximum atomic E-state index is 12.7. The van der Waals surface area contributed by atoms with Gasteiger partial charge in [-0.2, -0.15) is 5.10 Å². The van der Waals surface area contributed by atoms with E-state index in [1.165, 1.54) is 4.88 Å². The molecule has 0 aliphatic carbocycles. The number of thiophene rings is 1. The number of nitrogens with one attached hydrogen (secondary N) is 2. The lowest BCUT2D eigenvalue weighted by molar-refractivity contribution is 0.0939. The van der Waals surface area contributed by atoms with Crippen LogP contribution in [0, 0.1) is 0 Å². The van der Waals surface area contributed by atoms with Crippen LogP contribution in [0.3, 0.4) is 0 Å². The molecule has 2 unspecified atom stereocenters. The summed E-state index contributed by atoms with van der Waals surface area (Å²) in [6, 6.07) is 14.3. The van der Waals surface area contributed by atoms with Gasteiger partial charge in [-0.05, 0) is 37.7 Å². The zero-order valence-corrected chi connectivity index (χ0v) is 15.4. The fourth-order valence-corrected chi connectivity index (χ4v) is 4.05. The highest BCUT2D eigenvalue weighted by Crippen LogP contribution is 2.32. The number of benzene rings is 1. The van der Waals surface area contributed by atoms with E-state index in [4.69, 9.17) is 0 Å². The molecule has 0 fully saturated rings. The standard InChI is InChI=1S/C19H24N4OS/c1-20-12-10-15(14-6-4-3-5-7-14)22-19(24)18-9-8-17(25-18)16-11-13-21-23(16)2/h3-9,13,15-16,20H,10-12H2,1-2H3,(H,22,24). The van der Waals surface area contributed by atoms with Crippen LogP contribution < -0.4 is 10.6 Å². The number of amides is 1. The Morgan fingerprint density at radius 2 is 2.12 bits per heavy atom. The first-order valence-corrected chi connectivity index (χ1v) is 9.36. The summed E-state index contributed by atoms with van der Waals surface area (Å²) in [5, 5.41) is 12.6. The summed E-state index contributed by atoms with van der Waals surface area (Å²) < 4.78 is 0. The topological polar surface area (TPSA) is 56.7 Å². The minimum absolute atomic E-state index is 0.00388. The minimum Gasteiger partial charge on any atom is -0.344 e. The molecule has 5 nitrogen and oxygen atoms in total. The molecule has 0 saturated carbocycles. The van der Waals surface area contributed by atoms with Crippen LogP contribution in [0.15, 0.2) is 47.6 Å². The van der Waals surface area contributed by atoms with Crippen molar-refractivity contribution in [1.82, 2.24) is 15.6 Å². The molecule has 6 heteroatoms. The van der Waals surface area contributed by atoms with Crippen molar-refractivity contribution in [1.29, 1.82) is 0 Å². The molecule has 1 aromatic carbocycles. The van der Waals surface area contributed by atoms with Crippen molar-refractivity contribution in [3.8, 4) is 0 Å². The predicted octanol–water partition coefficient (Wildman–Crippen LogP) is 3.19. The summed E-state index contributed by atoms with van der Waals surface area (Å²) in [4.78, 5) is 14.7. The van der Waals surface area contributed by atoms with Crippen molar-refractivity contribution in [2.24, 2.45) is 5.10 Å². The third kappa shape index (κ3) is 4.27. The third-order valence-electron chi connectivity index (χ3n) is 4.41. The average molecular weight is 356 g/mol. The van der Waals surface area contributed by atoms with Gasteiger partial charge in [0, 0.05) is 24.6 Å². The number of carbonyl (C=O) groups excluding carboxylic acids is 1. The van der Waals surface area contributed by atoms with E-state index in [1.807, 2.05) is 55.7 Å². The first kappa shape index (κ1) is 17.6. The molecule has 1 amide bonds. The van der Waals surface area contributed by atoms with Crippen LogP contribution in [-0.4, -0.2) is 37.8 Å². The molecule has 3 rings (SSSR count). The molecule has 2 N–H and O–H groups in total. The Hall–Kier alpha value is -2.18. The first-order valence-electron chi connectivity index (χ1n) is 8.54. The van der Waals surface area contributed by atoms with E-state index < -0.39 is 0 Å². The summed E-state index contributed by atoms with van der Waals surface area (Å²) in [7, 11) is 3.90. The molecular weight excluding hydrogens is 332 g/mol. The van der Waals surface area contributed by atoms with Crippen molar-refractivity contribution in [2.45, 2.75) is 24.9 Å². The highest BCUT2D eigenvalue weighted by Gasteiger charge is 2.23. The van der Waals surface area contributed by atoms with Gasteiger partial charge in [0.25, 0.3) is 5.91 Å². The third-order valence-corrected chi connectivity index (χ3v) is 5.60. The van der Waals surface area contributed by atoms with Crippen LogP contribution >= 0.6 is 11.3 Å². The van der Waals surface area contributed by atoms with Crippen LogP contribution in [-0.2, 0) is 0 Å². The quantitative estimate of drug-likeness (QED) is 0.801. The molecule has 1 aromatic heterocycles. The minimum atomic E-state index is -0.0113. The SMILES string of the molecule is CNCCC(NC(=O)c1ccc(C2CC=NN2C)s1)c1ccccc1. The second-order valence-corrected chi connectivity index (χ2v) is 7.27. The maximum absolute atomic E-state index is 12.7. The van der Waals surface area contributed by atoms with Gasteiger partial charge in [-0.1, -0.05) is 30.3 Å². The smallest absolute Gasteiger partial charge is 0.261 e. The number of hydrazone groups is 1. The average Bonchev–Trinajstić information content (AvgIpc) is 3.28. The Labute approximate surface area is 152 Å². The molecule has 2 heterocycles. The lowest BCUT2D eigenvalue weighted by Crippen LogP contribution is -2.30. The fraction of sp³-hybridized carbons (Fsp3) is 0.368. The van der Waals surface area contributed by atoms with Gasteiger partial charge in [0.1, 0.15) is 0 Å². The van der Waals surface area contributed by atoms with Crippen molar-refractivity contribution in [3.63, 3.8) is 0 Å². The highest BCUT2D eigenvalue weighted by atomic mass is 32.1. The summed E-state index contributed by atoms with van der Waals surface area (Å²) in [5.74, 6) is -0.0113. The number of rotatable bonds is 7. The molecule has 1 aliphatic heterocycles. The van der Waals surface area contributed by atoms with E-state index in [0.717, 1.165) is 29.8 Å². The van der Waals surface area contributed by atoms with Gasteiger partial charge >= 0.3 is 0 Å². The van der Waals surface area contributed by atoms with Gasteiger partial charge in [-0.25, -0.2) is 0 Å². The summed E-state index contributed by atoms with van der Waals surface area (Å²) >= 11 is 1.55. The molecule has 25 heavy (non-hydrogen) atoms. The van der Waals surface area contributed by atoms with Gasteiger partial charge in [-0.3, -0.25) is 9.80 Å². The summed E-state index contributed by atoms with van der Waals surface area (Å²) in [6.45, 7) is 0.847. The maximum Gasteiger partial charge on any atom is 0.261 e. The molecule has 1 aliphatic rings. The van der Waals surface area contributed by atoms with E-state index >= 15 is 0 Å². The monoisotopic (exact) mass is 356 g/mol. The Kier molecular flexibility index (Phi) is 5.83. The molecule has 132 valence electrons. The Bertz CT molecular complexity index is 728. The van der Waals surface area contributed by atoms with Crippen LogP contribution in [0.5, 0.6) is 0 Å². The highest BCUT2D eigenvalue weighted by molar-refractivity contribution is 7.14. The number of hydrogen-bond donors (Lipinski definition) is 2. The zero-order chi connectivity index (χ0) is 17.6. The summed E-state index contributed by atoms with van der Waals surface area (Å²) in [5.41, 5.74) is 1.13. The second kappa shape index (κ2) is 8.27. The van der Waals surface area contributed by atoms with Gasteiger partial charge in [0.15, 0.2) is 0 Å². The van der Waals surface area contributed by atoms with Gasteiger partial charge in [0.05, 0.1) is 17.0 Å². The first-order chi connectivity index (χ1) is 12.2. The van der Waals surface area contributed by atoms with Crippen molar-refractivity contribution in [3.05, 3.63) is 57.8 Å². The van der Waals surface area contributed by atoms with E-state index in [0.29, 0.717) is 0 Å². The Morgan fingerprint density at radius 3 is 2.80 bits per heavy atom. The molecule has 0 radical (unpaired) electrons. The van der Waals surface area contributed by atoms with Crippen LogP contribution in [0.1, 0.15) is 45.0 Å². The van der Waals surface area contributed by atoms with Crippen molar-refractivity contribution >= 4 is 23.5 Å². The number of hydrogen-bond acceptors (Lipinski definition) is 5. The predicted molar refractivity (Wildman–Crippen MR) is 103 cm³/mol. The van der Waals surface area contributed by atoms with Gasteiger partial charge < -0.3 is 10.6 Å². The zero-order valence-electron chi connectivity index (χ0n) is 14.6. The lowest BCUT2D eigenvalue weighted by atomic mass is 10.0. The van der Waals surface area contributed by atoms with E-state index in [1.54, 1.807) is 11.3 Å². The molecular formula is C19H24N4OS. The Balaban J connectivity index is 1.70. The fourth-order valence-electron chi connectivity index (χ4n) is 2.99. The number of carbonyl (C=O) groups is 1. The van der Waals surface area contributed by atoms with Crippen molar-refractivity contribution in [2.75, 3.05) is 20.6 Å². The molecule has 0 saturated heterocycles. The lowest BCUT2D eigenvalue weighted by Gasteiger charge is -2.19. The van der Waals surface area contributed by atoms with Crippen LogP contribution in [0.2, 0.25) is 0 Å². The van der Waals surface area contributed by atoms with E-state index in [-0.39, 0.29) is 18.0 Å². The summed E-state index contributed by atoms with van der Waals surface area (Å²) in [6.07, 6.45) is 3.67.